The molecule has 20 heavy (non-hydrogen) atoms. The van der Waals surface area contributed by atoms with Crippen molar-refractivity contribution in [1.82, 2.24) is 15.2 Å². The molecule has 1 N–H and O–H groups in total. The number of carbonyl (C=O) groups excluding carboxylic acids is 1. The van der Waals surface area contributed by atoms with E-state index in [-0.39, 0.29) is 6.03 Å². The van der Waals surface area contributed by atoms with Crippen LogP contribution in [0.25, 0.3) is 0 Å². The standard InChI is InChI=1S/C14H23N3OS2/c1-10-9-20-13(16-10)5-4-6-15-14(18)17-7-8-19-12(3)11(17)2/h9,11-12H,4-8H2,1-3H3,(H,15,18)/t11-,12-/m0/s1. The smallest absolute Gasteiger partial charge is 0.317 e. The molecule has 2 heterocycles. The number of hydrogen-bond acceptors (Lipinski definition) is 4. The lowest BCUT2D eigenvalue weighted by atomic mass is 10.2. The van der Waals surface area contributed by atoms with E-state index in [1.807, 2.05) is 23.6 Å². The Bertz CT molecular complexity index is 449. The first-order valence-corrected chi connectivity index (χ1v) is 9.08. The average molecular weight is 313 g/mol. The van der Waals surface area contributed by atoms with Gasteiger partial charge in [-0.3, -0.25) is 0 Å². The van der Waals surface area contributed by atoms with Gasteiger partial charge in [0, 0.05) is 47.6 Å². The van der Waals surface area contributed by atoms with Crippen LogP contribution in [0.2, 0.25) is 0 Å². The monoisotopic (exact) mass is 313 g/mol. The Kier molecular flexibility index (Phi) is 5.72. The Morgan fingerprint density at radius 2 is 2.35 bits per heavy atom. The van der Waals surface area contributed by atoms with E-state index >= 15 is 0 Å². The average Bonchev–Trinajstić information content (AvgIpc) is 2.83. The minimum Gasteiger partial charge on any atom is -0.338 e. The van der Waals surface area contributed by atoms with Gasteiger partial charge in [-0.05, 0) is 20.3 Å². The fraction of sp³-hybridized carbons (Fsp3) is 0.714. The van der Waals surface area contributed by atoms with Gasteiger partial charge in [-0.2, -0.15) is 11.8 Å². The van der Waals surface area contributed by atoms with Crippen LogP contribution in [0.4, 0.5) is 4.79 Å². The lowest BCUT2D eigenvalue weighted by Crippen LogP contribution is -2.52. The highest BCUT2D eigenvalue weighted by Gasteiger charge is 2.28. The number of hydrogen-bond donors (Lipinski definition) is 1. The molecule has 1 aromatic heterocycles. The molecule has 2 amide bonds. The normalized spacial score (nSPS) is 22.9. The second-order valence-corrected chi connectivity index (χ2v) is 7.66. The Balaban J connectivity index is 1.69. The summed E-state index contributed by atoms with van der Waals surface area (Å²) in [6, 6.07) is 0.398. The molecule has 0 bridgehead atoms. The van der Waals surface area contributed by atoms with Crippen LogP contribution >= 0.6 is 23.1 Å². The molecular formula is C14H23N3OS2. The van der Waals surface area contributed by atoms with Crippen molar-refractivity contribution >= 4 is 29.1 Å². The van der Waals surface area contributed by atoms with Crippen LogP contribution in [0.15, 0.2) is 5.38 Å². The highest BCUT2D eigenvalue weighted by molar-refractivity contribution is 8.00. The molecule has 6 heteroatoms. The Labute approximate surface area is 129 Å². The molecular weight excluding hydrogens is 290 g/mol. The van der Waals surface area contributed by atoms with E-state index < -0.39 is 0 Å². The number of nitrogens with zero attached hydrogens (tertiary/aromatic N) is 2. The van der Waals surface area contributed by atoms with Crippen LogP contribution in [-0.4, -0.2) is 46.0 Å². The predicted molar refractivity (Wildman–Crippen MR) is 86.7 cm³/mol. The fourth-order valence-corrected chi connectivity index (χ4v) is 4.19. The molecule has 1 aliphatic rings. The molecule has 0 saturated carbocycles. The molecule has 4 nitrogen and oxygen atoms in total. The third-order valence-electron chi connectivity index (χ3n) is 3.65. The highest BCUT2D eigenvalue weighted by Crippen LogP contribution is 2.24. The van der Waals surface area contributed by atoms with Gasteiger partial charge < -0.3 is 10.2 Å². The Morgan fingerprint density at radius 3 is 3.05 bits per heavy atom. The van der Waals surface area contributed by atoms with Crippen LogP contribution in [0.5, 0.6) is 0 Å². The van der Waals surface area contributed by atoms with Crippen LogP contribution in [0, 0.1) is 6.92 Å². The first kappa shape index (κ1) is 15.6. The number of aryl methyl sites for hydroxylation is 2. The number of thiazole rings is 1. The van der Waals surface area contributed by atoms with Crippen molar-refractivity contribution in [1.29, 1.82) is 0 Å². The zero-order valence-electron chi connectivity index (χ0n) is 12.4. The van der Waals surface area contributed by atoms with E-state index in [0.29, 0.717) is 11.3 Å². The summed E-state index contributed by atoms with van der Waals surface area (Å²) in [5.41, 5.74) is 1.09. The third-order valence-corrected chi connectivity index (χ3v) is 6.02. The summed E-state index contributed by atoms with van der Waals surface area (Å²) in [4.78, 5) is 18.6. The van der Waals surface area contributed by atoms with Crippen molar-refractivity contribution in [3.05, 3.63) is 16.1 Å². The molecule has 1 aromatic rings. The van der Waals surface area contributed by atoms with Crippen molar-refractivity contribution in [3.8, 4) is 0 Å². The molecule has 2 atom stereocenters. The lowest BCUT2D eigenvalue weighted by Gasteiger charge is -2.37. The number of carbonyl (C=O) groups is 1. The summed E-state index contributed by atoms with van der Waals surface area (Å²) in [5.74, 6) is 1.04. The van der Waals surface area contributed by atoms with Crippen LogP contribution in [0.3, 0.4) is 0 Å². The van der Waals surface area contributed by atoms with Crippen LogP contribution < -0.4 is 5.32 Å². The van der Waals surface area contributed by atoms with Crippen molar-refractivity contribution in [3.63, 3.8) is 0 Å². The molecule has 1 fully saturated rings. The van der Waals surface area contributed by atoms with E-state index in [1.54, 1.807) is 11.3 Å². The van der Waals surface area contributed by atoms with Crippen LogP contribution in [0.1, 0.15) is 31.0 Å². The fourth-order valence-electron chi connectivity index (χ4n) is 2.27. The van der Waals surface area contributed by atoms with Gasteiger partial charge in [0.25, 0.3) is 0 Å². The Morgan fingerprint density at radius 1 is 1.55 bits per heavy atom. The van der Waals surface area contributed by atoms with Gasteiger partial charge in [0.2, 0.25) is 0 Å². The quantitative estimate of drug-likeness (QED) is 0.869. The largest absolute Gasteiger partial charge is 0.338 e. The minimum absolute atomic E-state index is 0.0833. The van der Waals surface area contributed by atoms with Crippen molar-refractivity contribution in [2.75, 3.05) is 18.8 Å². The number of urea groups is 1. The number of thioether (sulfide) groups is 1. The summed E-state index contributed by atoms with van der Waals surface area (Å²) < 4.78 is 0. The van der Waals surface area contributed by atoms with Gasteiger partial charge in [-0.1, -0.05) is 6.92 Å². The van der Waals surface area contributed by atoms with Crippen molar-refractivity contribution in [2.45, 2.75) is 44.9 Å². The second kappa shape index (κ2) is 7.31. The molecule has 1 saturated heterocycles. The van der Waals surface area contributed by atoms with Gasteiger partial charge in [0.15, 0.2) is 0 Å². The maximum absolute atomic E-state index is 12.2. The summed E-state index contributed by atoms with van der Waals surface area (Å²) in [6.07, 6.45) is 1.89. The third kappa shape index (κ3) is 4.12. The molecule has 0 unspecified atom stereocenters. The second-order valence-electron chi connectivity index (χ2n) is 5.23. The molecule has 0 aromatic carbocycles. The van der Waals surface area contributed by atoms with Crippen LogP contribution in [-0.2, 0) is 6.42 Å². The van der Waals surface area contributed by atoms with Gasteiger partial charge in [0.1, 0.15) is 0 Å². The summed E-state index contributed by atoms with van der Waals surface area (Å²) in [7, 11) is 0. The highest BCUT2D eigenvalue weighted by atomic mass is 32.2. The number of aromatic nitrogens is 1. The van der Waals surface area contributed by atoms with E-state index in [1.165, 1.54) is 0 Å². The number of amides is 2. The maximum Gasteiger partial charge on any atom is 0.317 e. The Hall–Kier alpha value is -0.750. The molecule has 2 rings (SSSR count). The van der Waals surface area contributed by atoms with Gasteiger partial charge in [0.05, 0.1) is 5.01 Å². The van der Waals surface area contributed by atoms with Crippen molar-refractivity contribution < 1.29 is 4.79 Å². The van der Waals surface area contributed by atoms with Gasteiger partial charge in [-0.25, -0.2) is 9.78 Å². The van der Waals surface area contributed by atoms with E-state index in [9.17, 15) is 4.79 Å². The predicted octanol–water partition coefficient (Wildman–Crippen LogP) is 2.92. The molecule has 112 valence electrons. The zero-order chi connectivity index (χ0) is 14.5. The lowest BCUT2D eigenvalue weighted by molar-refractivity contribution is 0.180. The van der Waals surface area contributed by atoms with Gasteiger partial charge >= 0.3 is 6.03 Å². The van der Waals surface area contributed by atoms with Gasteiger partial charge in [-0.15, -0.1) is 11.3 Å². The first-order valence-electron chi connectivity index (χ1n) is 7.15. The van der Waals surface area contributed by atoms with Crippen molar-refractivity contribution in [2.24, 2.45) is 0 Å². The van der Waals surface area contributed by atoms with E-state index in [2.05, 4.69) is 29.5 Å². The van der Waals surface area contributed by atoms with E-state index in [4.69, 9.17) is 0 Å². The van der Waals surface area contributed by atoms with E-state index in [0.717, 1.165) is 42.4 Å². The number of rotatable bonds is 4. The molecule has 1 aliphatic heterocycles. The summed E-state index contributed by atoms with van der Waals surface area (Å²) in [6.45, 7) is 7.92. The minimum atomic E-state index is 0.0833. The molecule has 0 aliphatic carbocycles. The summed E-state index contributed by atoms with van der Waals surface area (Å²) >= 11 is 3.65. The molecule has 0 radical (unpaired) electrons. The maximum atomic E-state index is 12.2. The SMILES string of the molecule is Cc1csc(CCCNC(=O)N2CCS[C@@H](C)[C@@H]2C)n1. The topological polar surface area (TPSA) is 45.2 Å². The molecule has 0 spiro atoms. The first-order chi connectivity index (χ1) is 9.58. The summed E-state index contributed by atoms with van der Waals surface area (Å²) in [5, 5.41) is 6.79. The zero-order valence-corrected chi connectivity index (χ0v) is 14.0. The number of nitrogens with one attached hydrogen (secondary N) is 1.